The van der Waals surface area contributed by atoms with Crippen LogP contribution in [-0.4, -0.2) is 47.6 Å². The molecule has 5 rings (SSSR count). The summed E-state index contributed by atoms with van der Waals surface area (Å²) >= 11 is 0. The van der Waals surface area contributed by atoms with E-state index in [9.17, 15) is 15.2 Å². The number of hydrogen-bond donors (Lipinski definition) is 1. The highest BCUT2D eigenvalue weighted by molar-refractivity contribution is 5.50. The third-order valence-corrected chi connectivity index (χ3v) is 7.44. The minimum atomic E-state index is -1.09. The second-order valence-electron chi connectivity index (χ2n) is 9.87. The maximum Gasteiger partial charge on any atom is 0.326 e. The van der Waals surface area contributed by atoms with Crippen LogP contribution in [0.3, 0.4) is 0 Å². The SMILES string of the molecule is CC#Cc1cc([N+](=O)[O-])n([C@H]2C[C@H](O)[C@@H](COC(c3ccccc3)(c3ccc(OC)cc3)c3ccc(OC)cc3)O2)c1. The third kappa shape index (κ3) is 5.60. The number of benzene rings is 3. The molecule has 9 heteroatoms. The van der Waals surface area contributed by atoms with Crippen molar-refractivity contribution in [1.29, 1.82) is 0 Å². The number of rotatable bonds is 10. The zero-order valence-electron chi connectivity index (χ0n) is 23.6. The van der Waals surface area contributed by atoms with Crippen molar-refractivity contribution in [3.63, 3.8) is 0 Å². The number of hydrogen-bond acceptors (Lipinski definition) is 7. The van der Waals surface area contributed by atoms with Gasteiger partial charge in [-0.2, -0.15) is 0 Å². The summed E-state index contributed by atoms with van der Waals surface area (Å²) < 4.78 is 25.3. The van der Waals surface area contributed by atoms with Gasteiger partial charge in [-0.15, -0.1) is 5.92 Å². The molecule has 42 heavy (non-hydrogen) atoms. The molecule has 0 saturated carbocycles. The topological polar surface area (TPSA) is 105 Å². The molecular weight excluding hydrogens is 536 g/mol. The highest BCUT2D eigenvalue weighted by Gasteiger charge is 2.43. The second-order valence-corrected chi connectivity index (χ2v) is 9.87. The molecule has 0 amide bonds. The molecule has 0 unspecified atom stereocenters. The Morgan fingerprint density at radius 1 is 0.976 bits per heavy atom. The molecule has 3 aromatic carbocycles. The van der Waals surface area contributed by atoms with Gasteiger partial charge in [0, 0.05) is 6.42 Å². The Morgan fingerprint density at radius 2 is 1.55 bits per heavy atom. The summed E-state index contributed by atoms with van der Waals surface area (Å²) in [5.41, 5.74) is 1.96. The first-order chi connectivity index (χ1) is 20.4. The van der Waals surface area contributed by atoms with Crippen LogP contribution >= 0.6 is 0 Å². The molecule has 0 radical (unpaired) electrons. The molecule has 4 aromatic rings. The number of nitro groups is 1. The standard InChI is InChI=1S/C33H32N2O7/c1-4-8-23-19-31(35(37)38)34(21-23)32-20-29(36)30(42-32)22-41-33(24-9-6-5-7-10-24,25-11-15-27(39-2)16-12-25)26-13-17-28(40-3)18-14-26/h5-7,9-19,21,29-30,32,36H,20,22H2,1-3H3/t29-,30+,32+/m0/s1. The summed E-state index contributed by atoms with van der Waals surface area (Å²) in [4.78, 5) is 11.3. The first kappa shape index (κ1) is 28.9. The number of methoxy groups -OCH3 is 2. The van der Waals surface area contributed by atoms with Gasteiger partial charge in [-0.3, -0.25) is 0 Å². The van der Waals surface area contributed by atoms with E-state index in [1.165, 1.54) is 10.6 Å². The predicted octanol–water partition coefficient (Wildman–Crippen LogP) is 5.44. The second kappa shape index (κ2) is 12.5. The van der Waals surface area contributed by atoms with Gasteiger partial charge in [0.2, 0.25) is 6.23 Å². The molecule has 1 fully saturated rings. The quantitative estimate of drug-likeness (QED) is 0.118. The third-order valence-electron chi connectivity index (χ3n) is 7.44. The summed E-state index contributed by atoms with van der Waals surface area (Å²) in [5, 5.41) is 22.8. The first-order valence-electron chi connectivity index (χ1n) is 13.5. The van der Waals surface area contributed by atoms with Crippen molar-refractivity contribution in [2.24, 2.45) is 0 Å². The van der Waals surface area contributed by atoms with E-state index in [0.29, 0.717) is 17.1 Å². The zero-order valence-corrected chi connectivity index (χ0v) is 23.6. The molecule has 1 N–H and O–H groups in total. The van der Waals surface area contributed by atoms with Crippen LogP contribution in [0.4, 0.5) is 5.82 Å². The number of aromatic nitrogens is 1. The average Bonchev–Trinajstić information content (AvgIpc) is 3.62. The maximum absolute atomic E-state index is 11.8. The van der Waals surface area contributed by atoms with Gasteiger partial charge in [-0.1, -0.05) is 60.5 Å². The highest BCUT2D eigenvalue weighted by atomic mass is 16.6. The lowest BCUT2D eigenvalue weighted by atomic mass is 9.80. The molecule has 1 aromatic heterocycles. The molecular formula is C33H32N2O7. The predicted molar refractivity (Wildman–Crippen MR) is 156 cm³/mol. The summed E-state index contributed by atoms with van der Waals surface area (Å²) in [6.07, 6.45) is -0.686. The van der Waals surface area contributed by atoms with Crippen LogP contribution in [0.15, 0.2) is 91.1 Å². The van der Waals surface area contributed by atoms with Gasteiger partial charge in [0.15, 0.2) is 0 Å². The molecule has 216 valence electrons. The number of aliphatic hydroxyl groups is 1. The molecule has 1 aliphatic heterocycles. The highest BCUT2D eigenvalue weighted by Crippen LogP contribution is 2.43. The molecule has 2 heterocycles. The van der Waals surface area contributed by atoms with Crippen molar-refractivity contribution in [3.05, 3.63) is 123 Å². The Kier molecular flexibility index (Phi) is 8.59. The number of ether oxygens (including phenoxy) is 4. The average molecular weight is 569 g/mol. The van der Waals surface area contributed by atoms with Gasteiger partial charge in [0.05, 0.1) is 38.6 Å². The fourth-order valence-corrected chi connectivity index (χ4v) is 5.37. The molecule has 3 atom stereocenters. The van der Waals surface area contributed by atoms with Crippen LogP contribution in [-0.2, 0) is 15.1 Å². The van der Waals surface area contributed by atoms with Crippen molar-refractivity contribution in [2.75, 3.05) is 20.8 Å². The fraction of sp³-hybridized carbons (Fsp3) is 0.273. The smallest absolute Gasteiger partial charge is 0.326 e. The molecule has 1 saturated heterocycles. The number of nitrogens with zero attached hydrogens (tertiary/aromatic N) is 2. The van der Waals surface area contributed by atoms with Gasteiger partial charge in [-0.05, 0) is 52.8 Å². The summed E-state index contributed by atoms with van der Waals surface area (Å²) in [6, 6.07) is 26.5. The Bertz CT molecular complexity index is 1520. The van der Waals surface area contributed by atoms with Gasteiger partial charge in [0.25, 0.3) is 0 Å². The number of aliphatic hydroxyl groups excluding tert-OH is 1. The van der Waals surface area contributed by atoms with Crippen LogP contribution in [0.1, 0.15) is 41.8 Å². The van der Waals surface area contributed by atoms with Crippen LogP contribution in [0.2, 0.25) is 0 Å². The first-order valence-corrected chi connectivity index (χ1v) is 13.5. The molecule has 0 aliphatic carbocycles. The van der Waals surface area contributed by atoms with E-state index in [4.69, 9.17) is 18.9 Å². The Morgan fingerprint density at radius 3 is 2.07 bits per heavy atom. The van der Waals surface area contributed by atoms with Gasteiger partial charge >= 0.3 is 5.82 Å². The van der Waals surface area contributed by atoms with E-state index in [1.807, 2.05) is 78.9 Å². The van der Waals surface area contributed by atoms with Crippen LogP contribution in [0, 0.1) is 22.0 Å². The van der Waals surface area contributed by atoms with Crippen molar-refractivity contribution in [1.82, 2.24) is 4.57 Å². The minimum Gasteiger partial charge on any atom is -0.497 e. The molecule has 0 spiro atoms. The van der Waals surface area contributed by atoms with E-state index in [2.05, 4.69) is 11.8 Å². The minimum absolute atomic E-state index is 0.00130. The van der Waals surface area contributed by atoms with E-state index in [1.54, 1.807) is 27.3 Å². The van der Waals surface area contributed by atoms with Crippen LogP contribution in [0.25, 0.3) is 0 Å². The Balaban J connectivity index is 1.52. The normalized spacial score (nSPS) is 18.2. The molecule has 9 nitrogen and oxygen atoms in total. The van der Waals surface area contributed by atoms with Crippen molar-refractivity contribution in [2.45, 2.75) is 37.4 Å². The van der Waals surface area contributed by atoms with Crippen molar-refractivity contribution in [3.8, 4) is 23.3 Å². The van der Waals surface area contributed by atoms with E-state index in [0.717, 1.165) is 16.7 Å². The van der Waals surface area contributed by atoms with E-state index >= 15 is 0 Å². The molecule has 1 aliphatic rings. The zero-order chi connectivity index (χ0) is 29.7. The van der Waals surface area contributed by atoms with Crippen LogP contribution in [0.5, 0.6) is 11.5 Å². The summed E-state index contributed by atoms with van der Waals surface area (Å²) in [5.74, 6) is 6.86. The van der Waals surface area contributed by atoms with Crippen molar-refractivity contribution < 1.29 is 29.0 Å². The summed E-state index contributed by atoms with van der Waals surface area (Å²) in [7, 11) is 3.23. The van der Waals surface area contributed by atoms with E-state index in [-0.39, 0.29) is 18.8 Å². The maximum atomic E-state index is 11.8. The lowest BCUT2D eigenvalue weighted by Gasteiger charge is -2.37. The van der Waals surface area contributed by atoms with E-state index < -0.39 is 29.0 Å². The lowest BCUT2D eigenvalue weighted by molar-refractivity contribution is -0.393. The van der Waals surface area contributed by atoms with Gasteiger partial charge in [0.1, 0.15) is 29.4 Å². The van der Waals surface area contributed by atoms with Gasteiger partial charge in [-0.25, -0.2) is 4.57 Å². The monoisotopic (exact) mass is 568 g/mol. The summed E-state index contributed by atoms with van der Waals surface area (Å²) in [6.45, 7) is 1.66. The Hall–Kier alpha value is -4.62. The lowest BCUT2D eigenvalue weighted by Crippen LogP contribution is -2.38. The molecule has 0 bridgehead atoms. The Labute approximate surface area is 244 Å². The van der Waals surface area contributed by atoms with Crippen molar-refractivity contribution >= 4 is 5.82 Å². The largest absolute Gasteiger partial charge is 0.497 e. The van der Waals surface area contributed by atoms with Gasteiger partial charge < -0.3 is 34.2 Å². The van der Waals surface area contributed by atoms with Crippen LogP contribution < -0.4 is 9.47 Å². The fourth-order valence-electron chi connectivity index (χ4n) is 5.37.